The molecule has 1 atom stereocenters. The van der Waals surface area contributed by atoms with Gasteiger partial charge in [0.2, 0.25) is 0 Å². The molecule has 0 aliphatic carbocycles. The Labute approximate surface area is 49.6 Å². The summed E-state index contributed by atoms with van der Waals surface area (Å²) in [6, 6.07) is 0. The fourth-order valence-corrected chi connectivity index (χ4v) is 0.460. The largest absolute Gasteiger partial charge is 0.355 e. The molecule has 48 valence electrons. The molecule has 1 N–H and O–H groups in total. The summed E-state index contributed by atoms with van der Waals surface area (Å²) in [5.74, 6) is 0. The zero-order chi connectivity index (χ0) is 5.98. The molecule has 0 spiro atoms. The molecule has 0 saturated carbocycles. The first kappa shape index (κ1) is 6.01. The van der Waals surface area contributed by atoms with Crippen LogP contribution in [-0.2, 0) is 4.74 Å². The molecule has 1 saturated heterocycles. The number of rotatable bonds is 3. The summed E-state index contributed by atoms with van der Waals surface area (Å²) in [7, 11) is 2.00. The van der Waals surface area contributed by atoms with Crippen molar-refractivity contribution < 1.29 is 4.74 Å². The van der Waals surface area contributed by atoms with Crippen LogP contribution in [0.3, 0.4) is 0 Å². The lowest BCUT2D eigenvalue weighted by Crippen LogP contribution is -2.36. The van der Waals surface area contributed by atoms with E-state index in [1.807, 2.05) is 12.1 Å². The molecule has 1 heterocycles. The van der Waals surface area contributed by atoms with Crippen LogP contribution in [0.15, 0.2) is 0 Å². The van der Waals surface area contributed by atoms with E-state index in [-0.39, 0.29) is 0 Å². The normalized spacial score (nSPS) is 26.6. The highest BCUT2D eigenvalue weighted by atomic mass is 16.6. The second-order valence-corrected chi connectivity index (χ2v) is 1.97. The van der Waals surface area contributed by atoms with Crippen molar-refractivity contribution in [1.29, 1.82) is 0 Å². The fraction of sp³-hybridized carbons (Fsp3) is 1.00. The molecule has 1 aliphatic rings. The van der Waals surface area contributed by atoms with Gasteiger partial charge in [-0.15, -0.1) is 0 Å². The van der Waals surface area contributed by atoms with Gasteiger partial charge in [-0.25, -0.2) is 10.4 Å². The highest BCUT2D eigenvalue weighted by Gasteiger charge is 2.22. The van der Waals surface area contributed by atoms with E-state index in [4.69, 9.17) is 4.74 Å². The lowest BCUT2D eigenvalue weighted by atomic mass is 10.7. The fourth-order valence-electron chi connectivity index (χ4n) is 0.460. The molecular formula is C5H12N2O. The van der Waals surface area contributed by atoms with E-state index in [1.54, 1.807) is 0 Å². The van der Waals surface area contributed by atoms with Crippen LogP contribution in [0.4, 0.5) is 0 Å². The van der Waals surface area contributed by atoms with Crippen LogP contribution in [0.2, 0.25) is 0 Å². The summed E-state index contributed by atoms with van der Waals surface area (Å²) >= 11 is 0. The van der Waals surface area contributed by atoms with E-state index in [9.17, 15) is 0 Å². The zero-order valence-electron chi connectivity index (χ0n) is 5.35. The molecule has 0 aromatic heterocycles. The Morgan fingerprint density at radius 1 is 1.88 bits per heavy atom. The van der Waals surface area contributed by atoms with Crippen LogP contribution < -0.4 is 5.43 Å². The maximum absolute atomic E-state index is 4.93. The Hall–Kier alpha value is -0.120. The van der Waals surface area contributed by atoms with Crippen LogP contribution in [0.5, 0.6) is 0 Å². The van der Waals surface area contributed by atoms with Crippen LogP contribution in [0, 0.1) is 0 Å². The molecule has 1 rings (SSSR count). The molecule has 1 fully saturated rings. The van der Waals surface area contributed by atoms with Crippen molar-refractivity contribution >= 4 is 0 Å². The van der Waals surface area contributed by atoms with Crippen LogP contribution in [0.1, 0.15) is 6.92 Å². The summed E-state index contributed by atoms with van der Waals surface area (Å²) < 4.78 is 4.93. The minimum absolute atomic E-state index is 0.306. The van der Waals surface area contributed by atoms with Crippen molar-refractivity contribution in [3.63, 3.8) is 0 Å². The van der Waals surface area contributed by atoms with Gasteiger partial charge in [-0.3, -0.25) is 0 Å². The Bertz CT molecular complexity index is 72.8. The number of epoxide rings is 1. The molecule has 0 bridgehead atoms. The van der Waals surface area contributed by atoms with Crippen LogP contribution in [0.25, 0.3) is 0 Å². The molecule has 0 aromatic rings. The third kappa shape index (κ3) is 1.78. The van der Waals surface area contributed by atoms with Gasteiger partial charge in [0.05, 0.1) is 6.61 Å². The summed E-state index contributed by atoms with van der Waals surface area (Å²) in [5, 5.41) is 2.01. The van der Waals surface area contributed by atoms with Gasteiger partial charge in [-0.05, 0) is 0 Å². The van der Waals surface area contributed by atoms with Crippen molar-refractivity contribution in [3.8, 4) is 0 Å². The van der Waals surface area contributed by atoms with Crippen molar-refractivity contribution in [2.24, 2.45) is 0 Å². The Kier molecular flexibility index (Phi) is 1.83. The minimum atomic E-state index is 0.306. The van der Waals surface area contributed by atoms with E-state index in [0.717, 1.165) is 13.2 Å². The first-order valence-corrected chi connectivity index (χ1v) is 2.92. The zero-order valence-corrected chi connectivity index (χ0v) is 5.35. The van der Waals surface area contributed by atoms with Gasteiger partial charge in [0, 0.05) is 13.6 Å². The van der Waals surface area contributed by atoms with Crippen LogP contribution in [-0.4, -0.2) is 31.4 Å². The lowest BCUT2D eigenvalue weighted by Gasteiger charge is -2.12. The molecule has 0 radical (unpaired) electrons. The molecule has 1 unspecified atom stereocenters. The third-order valence-corrected chi connectivity index (χ3v) is 1.17. The summed E-state index contributed by atoms with van der Waals surface area (Å²) in [6.45, 7) is 3.97. The summed E-state index contributed by atoms with van der Waals surface area (Å²) in [4.78, 5) is 0. The Balaban J connectivity index is 1.98. The maximum Gasteiger partial charge on any atom is 0.144 e. The van der Waals surface area contributed by atoms with Crippen LogP contribution >= 0.6 is 0 Å². The highest BCUT2D eigenvalue weighted by molar-refractivity contribution is 4.62. The molecule has 0 amide bonds. The van der Waals surface area contributed by atoms with E-state index >= 15 is 0 Å². The van der Waals surface area contributed by atoms with Gasteiger partial charge >= 0.3 is 0 Å². The SMILES string of the molecule is CCN(C)NC1CO1. The average Bonchev–Trinajstić information content (AvgIpc) is 2.50. The number of hydrogen-bond acceptors (Lipinski definition) is 3. The van der Waals surface area contributed by atoms with Gasteiger partial charge in [-0.1, -0.05) is 6.92 Å². The lowest BCUT2D eigenvalue weighted by molar-refractivity contribution is 0.193. The number of hydrazine groups is 1. The van der Waals surface area contributed by atoms with Gasteiger partial charge in [0.25, 0.3) is 0 Å². The number of nitrogens with zero attached hydrogens (tertiary/aromatic N) is 1. The molecular weight excluding hydrogens is 104 g/mol. The van der Waals surface area contributed by atoms with Crippen molar-refractivity contribution in [2.45, 2.75) is 13.2 Å². The predicted octanol–water partition coefficient (Wildman–Crippen LogP) is -0.201. The first-order chi connectivity index (χ1) is 3.83. The topological polar surface area (TPSA) is 27.8 Å². The van der Waals surface area contributed by atoms with Crippen molar-refractivity contribution in [3.05, 3.63) is 0 Å². The second kappa shape index (κ2) is 2.44. The number of ether oxygens (including phenoxy) is 1. The van der Waals surface area contributed by atoms with Crippen molar-refractivity contribution in [1.82, 2.24) is 10.4 Å². The van der Waals surface area contributed by atoms with E-state index < -0.39 is 0 Å². The highest BCUT2D eigenvalue weighted by Crippen LogP contribution is 2.03. The average molecular weight is 116 g/mol. The molecule has 1 aliphatic heterocycles. The Morgan fingerprint density at radius 3 is 2.88 bits per heavy atom. The van der Waals surface area contributed by atoms with E-state index in [0.29, 0.717) is 6.23 Å². The van der Waals surface area contributed by atoms with E-state index in [2.05, 4.69) is 12.3 Å². The standard InChI is InChI=1S/C5H12N2O/c1-3-7(2)6-5-4-8-5/h5-6H,3-4H2,1-2H3. The Morgan fingerprint density at radius 2 is 2.50 bits per heavy atom. The first-order valence-electron chi connectivity index (χ1n) is 2.92. The smallest absolute Gasteiger partial charge is 0.144 e. The van der Waals surface area contributed by atoms with Gasteiger partial charge < -0.3 is 4.74 Å². The maximum atomic E-state index is 4.93. The van der Waals surface area contributed by atoms with E-state index in [1.165, 1.54) is 0 Å². The number of nitrogens with one attached hydrogen (secondary N) is 1. The quantitative estimate of drug-likeness (QED) is 0.409. The van der Waals surface area contributed by atoms with Gasteiger partial charge in [0.1, 0.15) is 6.23 Å². The molecule has 8 heavy (non-hydrogen) atoms. The van der Waals surface area contributed by atoms with Crippen molar-refractivity contribution in [2.75, 3.05) is 20.2 Å². The van der Waals surface area contributed by atoms with Gasteiger partial charge in [-0.2, -0.15) is 0 Å². The second-order valence-electron chi connectivity index (χ2n) is 1.97. The molecule has 0 aromatic carbocycles. The predicted molar refractivity (Wildman–Crippen MR) is 31.2 cm³/mol. The monoisotopic (exact) mass is 116 g/mol. The molecule has 3 nitrogen and oxygen atoms in total. The molecule has 3 heteroatoms. The minimum Gasteiger partial charge on any atom is -0.355 e. The third-order valence-electron chi connectivity index (χ3n) is 1.17. The summed E-state index contributed by atoms with van der Waals surface area (Å²) in [6.07, 6.45) is 0.306. The number of hydrogen-bond donors (Lipinski definition) is 1. The summed E-state index contributed by atoms with van der Waals surface area (Å²) in [5.41, 5.74) is 3.11. The van der Waals surface area contributed by atoms with Gasteiger partial charge in [0.15, 0.2) is 0 Å².